The largest absolute Gasteiger partial charge is 0.478 e. The molecule has 0 saturated heterocycles. The number of nitrogens with one attached hydrogen (secondary N) is 1. The van der Waals surface area contributed by atoms with Crippen LogP contribution in [0, 0.1) is 5.92 Å². The molecule has 142 valence electrons. The van der Waals surface area contributed by atoms with E-state index in [0.717, 1.165) is 0 Å². The number of carbonyl (C=O) groups is 2. The standard InChI is InChI=1S/C19H21N3O5/c1-9(2)8-13-16(19(25)26-4)15(14(18(23)24)10(3)20-13)11-6-5-7-12-17(11)22-27-21-12/h5-7,9,15,20H,8H2,1-4H3,(H,23,24). The number of fused-ring (bicyclic) bond motifs is 1. The normalized spacial score (nSPS) is 17.4. The molecule has 1 atom stereocenters. The van der Waals surface area contributed by atoms with E-state index in [-0.39, 0.29) is 17.1 Å². The third-order valence-corrected chi connectivity index (χ3v) is 4.52. The van der Waals surface area contributed by atoms with E-state index in [9.17, 15) is 14.7 Å². The van der Waals surface area contributed by atoms with E-state index >= 15 is 0 Å². The fourth-order valence-corrected chi connectivity index (χ4v) is 3.47. The highest BCUT2D eigenvalue weighted by Crippen LogP contribution is 2.41. The van der Waals surface area contributed by atoms with Crippen molar-refractivity contribution in [3.8, 4) is 0 Å². The van der Waals surface area contributed by atoms with Gasteiger partial charge in [-0.25, -0.2) is 14.2 Å². The van der Waals surface area contributed by atoms with Gasteiger partial charge in [-0.15, -0.1) is 0 Å². The van der Waals surface area contributed by atoms with Crippen molar-refractivity contribution in [1.29, 1.82) is 0 Å². The van der Waals surface area contributed by atoms with Crippen molar-refractivity contribution in [2.45, 2.75) is 33.1 Å². The summed E-state index contributed by atoms with van der Waals surface area (Å²) < 4.78 is 9.82. The first kappa shape index (κ1) is 18.6. The van der Waals surface area contributed by atoms with Gasteiger partial charge in [-0.05, 0) is 41.2 Å². The quantitative estimate of drug-likeness (QED) is 0.771. The zero-order chi connectivity index (χ0) is 19.7. The molecule has 1 aliphatic rings. The Kier molecular flexibility index (Phi) is 4.98. The molecule has 1 aromatic carbocycles. The molecule has 2 N–H and O–H groups in total. The van der Waals surface area contributed by atoms with Crippen LogP contribution in [-0.2, 0) is 14.3 Å². The van der Waals surface area contributed by atoms with Crippen molar-refractivity contribution < 1.29 is 24.1 Å². The Labute approximate surface area is 155 Å². The van der Waals surface area contributed by atoms with E-state index in [1.54, 1.807) is 25.1 Å². The predicted molar refractivity (Wildman–Crippen MR) is 96.5 cm³/mol. The molecule has 3 rings (SSSR count). The molecule has 0 aliphatic carbocycles. The summed E-state index contributed by atoms with van der Waals surface area (Å²) >= 11 is 0. The number of methoxy groups -OCH3 is 1. The molecule has 0 radical (unpaired) electrons. The molecule has 0 amide bonds. The number of hydrogen-bond acceptors (Lipinski definition) is 7. The second kappa shape index (κ2) is 7.22. The van der Waals surface area contributed by atoms with Crippen LogP contribution in [0.2, 0.25) is 0 Å². The van der Waals surface area contributed by atoms with Gasteiger partial charge >= 0.3 is 11.9 Å². The van der Waals surface area contributed by atoms with Gasteiger partial charge in [0.2, 0.25) is 0 Å². The Morgan fingerprint density at radius 1 is 1.30 bits per heavy atom. The van der Waals surface area contributed by atoms with Gasteiger partial charge in [0.15, 0.2) is 0 Å². The summed E-state index contributed by atoms with van der Waals surface area (Å²) in [5.41, 5.74) is 2.91. The fourth-order valence-electron chi connectivity index (χ4n) is 3.47. The molecule has 2 aromatic rings. The number of benzene rings is 1. The van der Waals surface area contributed by atoms with E-state index in [0.29, 0.717) is 34.4 Å². The van der Waals surface area contributed by atoms with Gasteiger partial charge in [-0.1, -0.05) is 26.0 Å². The summed E-state index contributed by atoms with van der Waals surface area (Å²) in [5, 5.41) is 20.7. The number of nitrogens with zero attached hydrogens (tertiary/aromatic N) is 2. The molecule has 1 aromatic heterocycles. The Hall–Kier alpha value is -3.16. The van der Waals surface area contributed by atoms with Crippen molar-refractivity contribution in [1.82, 2.24) is 15.6 Å². The van der Waals surface area contributed by atoms with E-state index in [2.05, 4.69) is 15.6 Å². The van der Waals surface area contributed by atoms with Gasteiger partial charge in [-0.2, -0.15) is 0 Å². The van der Waals surface area contributed by atoms with Gasteiger partial charge in [-0.3, -0.25) is 0 Å². The highest BCUT2D eigenvalue weighted by atomic mass is 16.6. The van der Waals surface area contributed by atoms with Crippen LogP contribution >= 0.6 is 0 Å². The van der Waals surface area contributed by atoms with Gasteiger partial charge in [0.1, 0.15) is 11.0 Å². The van der Waals surface area contributed by atoms with Gasteiger partial charge in [0.25, 0.3) is 0 Å². The maximum Gasteiger partial charge on any atom is 0.336 e. The third kappa shape index (κ3) is 3.30. The van der Waals surface area contributed by atoms with Crippen LogP contribution in [0.25, 0.3) is 11.0 Å². The monoisotopic (exact) mass is 371 g/mol. The predicted octanol–water partition coefficient (Wildman–Crippen LogP) is 2.74. The number of allylic oxidation sites excluding steroid dienone is 2. The van der Waals surface area contributed by atoms with Crippen LogP contribution in [0.4, 0.5) is 0 Å². The highest BCUT2D eigenvalue weighted by Gasteiger charge is 2.39. The van der Waals surface area contributed by atoms with Crippen LogP contribution in [-0.4, -0.2) is 34.5 Å². The van der Waals surface area contributed by atoms with Crippen molar-refractivity contribution in [3.63, 3.8) is 0 Å². The summed E-state index contributed by atoms with van der Waals surface area (Å²) in [6.07, 6.45) is 0.568. The summed E-state index contributed by atoms with van der Waals surface area (Å²) in [7, 11) is 1.28. The average molecular weight is 371 g/mol. The first-order valence-corrected chi connectivity index (χ1v) is 8.58. The van der Waals surface area contributed by atoms with Crippen LogP contribution < -0.4 is 5.32 Å². The molecule has 0 bridgehead atoms. The minimum absolute atomic E-state index is 0.0680. The Bertz CT molecular complexity index is 971. The third-order valence-electron chi connectivity index (χ3n) is 4.52. The highest BCUT2D eigenvalue weighted by molar-refractivity contribution is 6.00. The van der Waals surface area contributed by atoms with Crippen molar-refractivity contribution in [3.05, 3.63) is 46.3 Å². The lowest BCUT2D eigenvalue weighted by Crippen LogP contribution is -2.33. The lowest BCUT2D eigenvalue weighted by molar-refractivity contribution is -0.136. The smallest absolute Gasteiger partial charge is 0.336 e. The molecule has 8 nitrogen and oxygen atoms in total. The number of hydrogen-bond donors (Lipinski definition) is 2. The number of carbonyl (C=O) groups excluding carboxylic acids is 1. The zero-order valence-corrected chi connectivity index (χ0v) is 15.6. The van der Waals surface area contributed by atoms with Crippen molar-refractivity contribution >= 4 is 23.0 Å². The van der Waals surface area contributed by atoms with Crippen molar-refractivity contribution in [2.24, 2.45) is 5.92 Å². The van der Waals surface area contributed by atoms with E-state index in [4.69, 9.17) is 9.37 Å². The molecule has 2 heterocycles. The van der Waals surface area contributed by atoms with E-state index < -0.39 is 17.9 Å². The average Bonchev–Trinajstić information content (AvgIpc) is 3.08. The zero-order valence-electron chi connectivity index (χ0n) is 15.6. The lowest BCUT2D eigenvalue weighted by Gasteiger charge is -2.31. The second-order valence-electron chi connectivity index (χ2n) is 6.86. The number of dihydropyridines is 1. The maximum atomic E-state index is 12.7. The maximum absolute atomic E-state index is 12.7. The summed E-state index contributed by atoms with van der Waals surface area (Å²) in [5.74, 6) is -2.30. The number of esters is 1. The van der Waals surface area contributed by atoms with Crippen LogP contribution in [0.5, 0.6) is 0 Å². The summed E-state index contributed by atoms with van der Waals surface area (Å²) in [6.45, 7) is 5.73. The number of ether oxygens (including phenoxy) is 1. The molecule has 0 saturated carbocycles. The van der Waals surface area contributed by atoms with E-state index in [1.165, 1.54) is 7.11 Å². The number of carboxylic acids is 1. The SMILES string of the molecule is COC(=O)C1=C(CC(C)C)NC(C)=C(C(=O)O)C1c1cccc2nonc12. The second-order valence-corrected chi connectivity index (χ2v) is 6.86. The molecular formula is C19H21N3O5. The first-order chi connectivity index (χ1) is 12.8. The number of rotatable bonds is 5. The fraction of sp³-hybridized carbons (Fsp3) is 0.368. The molecule has 1 aliphatic heterocycles. The van der Waals surface area contributed by atoms with Gasteiger partial charge < -0.3 is 15.2 Å². The van der Waals surface area contributed by atoms with Crippen LogP contribution in [0.3, 0.4) is 0 Å². The number of aromatic nitrogens is 2. The molecule has 27 heavy (non-hydrogen) atoms. The molecule has 0 fully saturated rings. The minimum Gasteiger partial charge on any atom is -0.478 e. The Morgan fingerprint density at radius 2 is 2.04 bits per heavy atom. The molecule has 0 spiro atoms. The van der Waals surface area contributed by atoms with Gasteiger partial charge in [0.05, 0.1) is 24.2 Å². The first-order valence-electron chi connectivity index (χ1n) is 8.58. The molecule has 1 unspecified atom stereocenters. The number of aliphatic carboxylic acids is 1. The number of carboxylic acid groups (broad SMARTS) is 1. The van der Waals surface area contributed by atoms with E-state index in [1.807, 2.05) is 13.8 Å². The Balaban J connectivity index is 2.32. The van der Waals surface area contributed by atoms with Crippen LogP contribution in [0.1, 0.15) is 38.7 Å². The topological polar surface area (TPSA) is 115 Å². The summed E-state index contributed by atoms with van der Waals surface area (Å²) in [4.78, 5) is 24.8. The lowest BCUT2D eigenvalue weighted by atomic mass is 9.78. The Morgan fingerprint density at radius 3 is 2.67 bits per heavy atom. The molecule has 8 heteroatoms. The van der Waals surface area contributed by atoms with Crippen LogP contribution in [0.15, 0.2) is 45.4 Å². The minimum atomic E-state index is -1.12. The molecular weight excluding hydrogens is 350 g/mol. The van der Waals surface area contributed by atoms with Gasteiger partial charge in [0, 0.05) is 11.4 Å². The summed E-state index contributed by atoms with van der Waals surface area (Å²) in [6, 6.07) is 5.17. The van der Waals surface area contributed by atoms with Crippen molar-refractivity contribution in [2.75, 3.05) is 7.11 Å².